The van der Waals surface area contributed by atoms with E-state index in [1.165, 1.54) is 0 Å². The Morgan fingerprint density at radius 1 is 1.53 bits per heavy atom. The lowest BCUT2D eigenvalue weighted by molar-refractivity contribution is 0.171. The van der Waals surface area contributed by atoms with Crippen molar-refractivity contribution in [2.75, 3.05) is 13.7 Å². The van der Waals surface area contributed by atoms with Crippen LogP contribution in [-0.4, -0.2) is 19.8 Å². The second kappa shape index (κ2) is 6.48. The number of methoxy groups -OCH3 is 1. The second-order valence-corrected chi connectivity index (χ2v) is 4.76. The molecule has 15 heavy (non-hydrogen) atoms. The van der Waals surface area contributed by atoms with Crippen LogP contribution in [0.5, 0.6) is 0 Å². The molecule has 0 bridgehead atoms. The van der Waals surface area contributed by atoms with Gasteiger partial charge in [-0.2, -0.15) is 0 Å². The molecule has 1 aromatic rings. The molecule has 2 nitrogen and oxygen atoms in total. The van der Waals surface area contributed by atoms with Crippen LogP contribution in [0.1, 0.15) is 12.5 Å². The van der Waals surface area contributed by atoms with E-state index in [0.717, 1.165) is 21.6 Å². The molecule has 0 amide bonds. The Bertz CT molecular complexity index is 319. The molecule has 0 saturated carbocycles. The van der Waals surface area contributed by atoms with Crippen LogP contribution in [0.2, 0.25) is 5.02 Å². The van der Waals surface area contributed by atoms with E-state index < -0.39 is 0 Å². The van der Waals surface area contributed by atoms with Crippen molar-refractivity contribution in [3.05, 3.63) is 33.3 Å². The number of halogens is 2. The Morgan fingerprint density at radius 2 is 2.27 bits per heavy atom. The fraction of sp³-hybridized carbons (Fsp3) is 0.455. The third-order valence-electron chi connectivity index (χ3n) is 2.07. The first kappa shape index (κ1) is 13.0. The molecule has 1 rings (SSSR count). The fourth-order valence-electron chi connectivity index (χ4n) is 1.27. The van der Waals surface area contributed by atoms with Crippen molar-refractivity contribution in [3.8, 4) is 0 Å². The molecule has 0 aliphatic rings. The summed E-state index contributed by atoms with van der Waals surface area (Å²) >= 11 is 9.41. The number of ether oxygens (including phenoxy) is 1. The van der Waals surface area contributed by atoms with Crippen molar-refractivity contribution >= 4 is 27.5 Å². The monoisotopic (exact) mass is 291 g/mol. The molecule has 0 aliphatic carbocycles. The Kier molecular flexibility index (Phi) is 5.61. The highest BCUT2D eigenvalue weighted by atomic mass is 79.9. The minimum atomic E-state index is 0.334. The molecule has 0 aliphatic heterocycles. The second-order valence-electron chi connectivity index (χ2n) is 3.47. The van der Waals surface area contributed by atoms with Crippen LogP contribution in [0, 0.1) is 0 Å². The lowest BCUT2D eigenvalue weighted by atomic mass is 10.2. The topological polar surface area (TPSA) is 21.3 Å². The van der Waals surface area contributed by atoms with E-state index in [2.05, 4.69) is 28.2 Å². The van der Waals surface area contributed by atoms with Gasteiger partial charge in [0.25, 0.3) is 0 Å². The van der Waals surface area contributed by atoms with Gasteiger partial charge in [0.2, 0.25) is 0 Å². The summed E-state index contributed by atoms with van der Waals surface area (Å²) in [6.45, 7) is 3.58. The zero-order chi connectivity index (χ0) is 11.3. The predicted molar refractivity (Wildman–Crippen MR) is 67.3 cm³/mol. The number of hydrogen-bond donors (Lipinski definition) is 1. The number of benzene rings is 1. The van der Waals surface area contributed by atoms with Gasteiger partial charge in [-0.1, -0.05) is 27.5 Å². The highest BCUT2D eigenvalue weighted by Crippen LogP contribution is 2.20. The molecule has 1 N–H and O–H groups in total. The summed E-state index contributed by atoms with van der Waals surface area (Å²) in [6, 6.07) is 6.12. The molecule has 0 spiro atoms. The molecule has 1 atom stereocenters. The van der Waals surface area contributed by atoms with E-state index >= 15 is 0 Å². The van der Waals surface area contributed by atoms with E-state index in [9.17, 15) is 0 Å². The molecule has 0 saturated heterocycles. The first-order valence-corrected chi connectivity index (χ1v) is 5.97. The maximum Gasteiger partial charge on any atom is 0.0613 e. The van der Waals surface area contributed by atoms with E-state index in [1.54, 1.807) is 7.11 Å². The Hall–Kier alpha value is -0.0900. The standard InChI is InChI=1S/C11H15BrClNO/c1-8(7-15-2)14-6-9-5-10(13)3-4-11(9)12/h3-5,8,14H,6-7H2,1-2H3/t8-/m1/s1. The lowest BCUT2D eigenvalue weighted by Gasteiger charge is -2.13. The van der Waals surface area contributed by atoms with Crippen molar-refractivity contribution < 1.29 is 4.74 Å². The third-order valence-corrected chi connectivity index (χ3v) is 3.07. The van der Waals surface area contributed by atoms with Crippen molar-refractivity contribution in [2.24, 2.45) is 0 Å². The highest BCUT2D eigenvalue weighted by molar-refractivity contribution is 9.10. The largest absolute Gasteiger partial charge is 0.383 e. The Morgan fingerprint density at radius 3 is 2.93 bits per heavy atom. The summed E-state index contributed by atoms with van der Waals surface area (Å²) in [5, 5.41) is 4.11. The molecule has 4 heteroatoms. The van der Waals surface area contributed by atoms with Crippen molar-refractivity contribution in [1.29, 1.82) is 0 Å². The molecule has 84 valence electrons. The molecule has 0 heterocycles. The predicted octanol–water partition coefficient (Wildman–Crippen LogP) is 3.23. The number of hydrogen-bond acceptors (Lipinski definition) is 2. The van der Waals surface area contributed by atoms with Crippen LogP contribution in [0.25, 0.3) is 0 Å². The Labute approximate surface area is 104 Å². The minimum Gasteiger partial charge on any atom is -0.383 e. The normalized spacial score (nSPS) is 12.8. The fourth-order valence-corrected chi connectivity index (χ4v) is 1.85. The highest BCUT2D eigenvalue weighted by Gasteiger charge is 2.04. The van der Waals surface area contributed by atoms with E-state index in [1.807, 2.05) is 18.2 Å². The average Bonchev–Trinajstić information content (AvgIpc) is 2.20. The lowest BCUT2D eigenvalue weighted by Crippen LogP contribution is -2.29. The summed E-state index contributed by atoms with van der Waals surface area (Å²) < 4.78 is 6.12. The van der Waals surface area contributed by atoms with Gasteiger partial charge in [-0.3, -0.25) is 0 Å². The molecular formula is C11H15BrClNO. The molecular weight excluding hydrogens is 277 g/mol. The Balaban J connectivity index is 2.53. The number of rotatable bonds is 5. The average molecular weight is 293 g/mol. The van der Waals surface area contributed by atoms with Crippen LogP contribution < -0.4 is 5.32 Å². The van der Waals surface area contributed by atoms with Gasteiger partial charge < -0.3 is 10.1 Å². The first-order valence-electron chi connectivity index (χ1n) is 4.79. The quantitative estimate of drug-likeness (QED) is 0.900. The van der Waals surface area contributed by atoms with Crippen molar-refractivity contribution in [3.63, 3.8) is 0 Å². The van der Waals surface area contributed by atoms with Gasteiger partial charge in [0.05, 0.1) is 6.61 Å². The van der Waals surface area contributed by atoms with E-state index in [0.29, 0.717) is 12.6 Å². The summed E-state index contributed by atoms with van der Waals surface area (Å²) in [5.74, 6) is 0. The molecule has 0 fully saturated rings. The molecule has 1 aromatic carbocycles. The molecule has 0 aromatic heterocycles. The van der Waals surface area contributed by atoms with Gasteiger partial charge in [-0.05, 0) is 30.7 Å². The van der Waals surface area contributed by atoms with Gasteiger partial charge in [0, 0.05) is 29.2 Å². The SMILES string of the molecule is COC[C@@H](C)NCc1cc(Cl)ccc1Br. The van der Waals surface area contributed by atoms with Crippen LogP contribution in [0.15, 0.2) is 22.7 Å². The van der Waals surface area contributed by atoms with Crippen LogP contribution in [-0.2, 0) is 11.3 Å². The van der Waals surface area contributed by atoms with Crippen LogP contribution in [0.4, 0.5) is 0 Å². The zero-order valence-corrected chi connectivity index (χ0v) is 11.2. The summed E-state index contributed by atoms with van der Waals surface area (Å²) in [7, 11) is 1.70. The maximum atomic E-state index is 5.92. The summed E-state index contributed by atoms with van der Waals surface area (Å²) in [4.78, 5) is 0. The van der Waals surface area contributed by atoms with Gasteiger partial charge in [-0.15, -0.1) is 0 Å². The maximum absolute atomic E-state index is 5.92. The van der Waals surface area contributed by atoms with Gasteiger partial charge in [0.15, 0.2) is 0 Å². The molecule has 0 unspecified atom stereocenters. The van der Waals surface area contributed by atoms with Crippen LogP contribution >= 0.6 is 27.5 Å². The van der Waals surface area contributed by atoms with Gasteiger partial charge in [-0.25, -0.2) is 0 Å². The summed E-state index contributed by atoms with van der Waals surface area (Å²) in [6.07, 6.45) is 0. The first-order chi connectivity index (χ1) is 7.13. The smallest absolute Gasteiger partial charge is 0.0613 e. The van der Waals surface area contributed by atoms with Crippen LogP contribution in [0.3, 0.4) is 0 Å². The summed E-state index contributed by atoms with van der Waals surface area (Å²) in [5.41, 5.74) is 1.16. The van der Waals surface area contributed by atoms with Gasteiger partial charge in [0.1, 0.15) is 0 Å². The molecule has 0 radical (unpaired) electrons. The van der Waals surface area contributed by atoms with Gasteiger partial charge >= 0.3 is 0 Å². The zero-order valence-electron chi connectivity index (χ0n) is 8.89. The number of nitrogens with one attached hydrogen (secondary N) is 1. The van der Waals surface area contributed by atoms with Crippen molar-refractivity contribution in [1.82, 2.24) is 5.32 Å². The third kappa shape index (κ3) is 4.51. The van der Waals surface area contributed by atoms with E-state index in [-0.39, 0.29) is 0 Å². The van der Waals surface area contributed by atoms with E-state index in [4.69, 9.17) is 16.3 Å². The van der Waals surface area contributed by atoms with Crippen molar-refractivity contribution in [2.45, 2.75) is 19.5 Å². The minimum absolute atomic E-state index is 0.334.